The van der Waals surface area contributed by atoms with Crippen LogP contribution in [0.25, 0.3) is 0 Å². The van der Waals surface area contributed by atoms with Crippen molar-refractivity contribution in [1.82, 2.24) is 4.98 Å². The van der Waals surface area contributed by atoms with Crippen molar-refractivity contribution in [2.75, 3.05) is 11.9 Å². The molecule has 3 heteroatoms. The lowest BCUT2D eigenvalue weighted by Gasteiger charge is -2.21. The number of benzene rings is 1. The predicted molar refractivity (Wildman–Crippen MR) is 73.4 cm³/mol. The highest BCUT2D eigenvalue weighted by Crippen LogP contribution is 2.20. The van der Waals surface area contributed by atoms with Gasteiger partial charge in [-0.05, 0) is 18.6 Å². The molecule has 0 spiro atoms. The van der Waals surface area contributed by atoms with Crippen molar-refractivity contribution < 1.29 is 5.11 Å². The predicted octanol–water partition coefficient (Wildman–Crippen LogP) is 2.52. The standard InChI is InChI=1S/C15H18N2O/c1-12-3-5-13(6-4-12)10-17(2)15-7-8-16-9-14(15)11-18/h3-9,18H,10-11H2,1-2H3. The molecule has 0 saturated heterocycles. The van der Waals surface area contributed by atoms with Gasteiger partial charge < -0.3 is 10.0 Å². The maximum atomic E-state index is 9.30. The van der Waals surface area contributed by atoms with E-state index >= 15 is 0 Å². The summed E-state index contributed by atoms with van der Waals surface area (Å²) < 4.78 is 0. The molecular formula is C15H18N2O. The molecule has 0 aliphatic heterocycles. The van der Waals surface area contributed by atoms with Crippen LogP contribution in [0.15, 0.2) is 42.7 Å². The highest BCUT2D eigenvalue weighted by molar-refractivity contribution is 5.51. The van der Waals surface area contributed by atoms with Crippen LogP contribution in [0.3, 0.4) is 0 Å². The third-order valence-electron chi connectivity index (χ3n) is 3.00. The summed E-state index contributed by atoms with van der Waals surface area (Å²) in [6.07, 6.45) is 3.46. The van der Waals surface area contributed by atoms with Crippen LogP contribution >= 0.6 is 0 Å². The molecule has 18 heavy (non-hydrogen) atoms. The van der Waals surface area contributed by atoms with Gasteiger partial charge in [-0.15, -0.1) is 0 Å². The van der Waals surface area contributed by atoms with Crippen molar-refractivity contribution in [2.24, 2.45) is 0 Å². The average Bonchev–Trinajstić information content (AvgIpc) is 2.41. The highest BCUT2D eigenvalue weighted by Gasteiger charge is 2.07. The summed E-state index contributed by atoms with van der Waals surface area (Å²) >= 11 is 0. The molecule has 0 amide bonds. The number of hydrogen-bond donors (Lipinski definition) is 1. The number of rotatable bonds is 4. The van der Waals surface area contributed by atoms with Crippen molar-refractivity contribution in [2.45, 2.75) is 20.1 Å². The fourth-order valence-electron chi connectivity index (χ4n) is 1.97. The van der Waals surface area contributed by atoms with Gasteiger partial charge in [0, 0.05) is 37.2 Å². The van der Waals surface area contributed by atoms with Crippen LogP contribution < -0.4 is 4.90 Å². The number of aliphatic hydroxyl groups is 1. The van der Waals surface area contributed by atoms with E-state index in [0.29, 0.717) is 0 Å². The summed E-state index contributed by atoms with van der Waals surface area (Å²) in [7, 11) is 2.02. The molecule has 2 rings (SSSR count). The van der Waals surface area contributed by atoms with Gasteiger partial charge in [-0.25, -0.2) is 0 Å². The smallest absolute Gasteiger partial charge is 0.0717 e. The molecule has 0 atom stereocenters. The second-order valence-corrected chi connectivity index (χ2v) is 4.50. The summed E-state index contributed by atoms with van der Waals surface area (Å²) in [4.78, 5) is 6.15. The molecule has 0 bridgehead atoms. The Morgan fingerprint density at radius 3 is 2.56 bits per heavy atom. The Morgan fingerprint density at radius 1 is 1.17 bits per heavy atom. The summed E-state index contributed by atoms with van der Waals surface area (Å²) in [5.74, 6) is 0. The molecule has 94 valence electrons. The molecule has 1 aromatic heterocycles. The molecule has 3 nitrogen and oxygen atoms in total. The van der Waals surface area contributed by atoms with E-state index in [1.54, 1.807) is 12.4 Å². The minimum atomic E-state index is 0.0153. The maximum Gasteiger partial charge on any atom is 0.0717 e. The molecule has 0 aliphatic carbocycles. The van der Waals surface area contributed by atoms with E-state index in [1.807, 2.05) is 13.1 Å². The van der Waals surface area contributed by atoms with Crippen LogP contribution in [0.5, 0.6) is 0 Å². The average molecular weight is 242 g/mol. The Labute approximate surface area is 108 Å². The van der Waals surface area contributed by atoms with Gasteiger partial charge in [0.1, 0.15) is 0 Å². The molecule has 0 radical (unpaired) electrons. The van der Waals surface area contributed by atoms with Crippen LogP contribution in [0.1, 0.15) is 16.7 Å². The number of aliphatic hydroxyl groups excluding tert-OH is 1. The lowest BCUT2D eigenvalue weighted by molar-refractivity contribution is 0.281. The minimum Gasteiger partial charge on any atom is -0.392 e. The Hall–Kier alpha value is -1.87. The van der Waals surface area contributed by atoms with E-state index in [9.17, 15) is 5.11 Å². The summed E-state index contributed by atoms with van der Waals surface area (Å²) in [6.45, 7) is 2.92. The van der Waals surface area contributed by atoms with Gasteiger partial charge >= 0.3 is 0 Å². The molecular weight excluding hydrogens is 224 g/mol. The Kier molecular flexibility index (Phi) is 3.95. The monoisotopic (exact) mass is 242 g/mol. The maximum absolute atomic E-state index is 9.30. The summed E-state index contributed by atoms with van der Waals surface area (Å²) in [5.41, 5.74) is 4.39. The zero-order valence-electron chi connectivity index (χ0n) is 10.8. The molecule has 0 saturated carbocycles. The Morgan fingerprint density at radius 2 is 1.89 bits per heavy atom. The van der Waals surface area contributed by atoms with Crippen molar-refractivity contribution in [3.63, 3.8) is 0 Å². The second-order valence-electron chi connectivity index (χ2n) is 4.50. The van der Waals surface area contributed by atoms with Gasteiger partial charge in [-0.3, -0.25) is 4.98 Å². The first kappa shape index (κ1) is 12.6. The normalized spacial score (nSPS) is 10.4. The van der Waals surface area contributed by atoms with E-state index in [4.69, 9.17) is 0 Å². The van der Waals surface area contributed by atoms with Gasteiger partial charge in [-0.1, -0.05) is 29.8 Å². The second kappa shape index (κ2) is 5.65. The summed E-state index contributed by atoms with van der Waals surface area (Å²) in [6, 6.07) is 10.4. The molecule has 2 aromatic rings. The van der Waals surface area contributed by atoms with Crippen molar-refractivity contribution in [3.8, 4) is 0 Å². The topological polar surface area (TPSA) is 36.4 Å². The SMILES string of the molecule is Cc1ccc(CN(C)c2ccncc2CO)cc1. The fraction of sp³-hybridized carbons (Fsp3) is 0.267. The zero-order chi connectivity index (χ0) is 13.0. The molecule has 0 fully saturated rings. The first-order chi connectivity index (χ1) is 8.70. The van der Waals surface area contributed by atoms with Crippen LogP contribution in [0.2, 0.25) is 0 Å². The van der Waals surface area contributed by atoms with Gasteiger partial charge in [0.05, 0.1) is 6.61 Å². The zero-order valence-corrected chi connectivity index (χ0v) is 10.8. The number of aryl methyl sites for hydroxylation is 1. The highest BCUT2D eigenvalue weighted by atomic mass is 16.3. The van der Waals surface area contributed by atoms with E-state index in [2.05, 4.69) is 41.1 Å². The van der Waals surface area contributed by atoms with E-state index in [0.717, 1.165) is 17.8 Å². The largest absolute Gasteiger partial charge is 0.392 e. The molecule has 1 N–H and O–H groups in total. The molecule has 1 heterocycles. The van der Waals surface area contributed by atoms with Gasteiger partial charge in [0.15, 0.2) is 0 Å². The lowest BCUT2D eigenvalue weighted by atomic mass is 10.1. The fourth-order valence-corrected chi connectivity index (χ4v) is 1.97. The first-order valence-electron chi connectivity index (χ1n) is 6.01. The van der Waals surface area contributed by atoms with E-state index < -0.39 is 0 Å². The lowest BCUT2D eigenvalue weighted by Crippen LogP contribution is -2.18. The van der Waals surface area contributed by atoms with Gasteiger partial charge in [-0.2, -0.15) is 0 Å². The van der Waals surface area contributed by atoms with Crippen LogP contribution in [-0.4, -0.2) is 17.1 Å². The van der Waals surface area contributed by atoms with Crippen LogP contribution in [0, 0.1) is 6.92 Å². The molecule has 1 aromatic carbocycles. The van der Waals surface area contributed by atoms with Crippen LogP contribution in [0.4, 0.5) is 5.69 Å². The number of anilines is 1. The third-order valence-corrected chi connectivity index (χ3v) is 3.00. The number of pyridine rings is 1. The summed E-state index contributed by atoms with van der Waals surface area (Å²) in [5, 5.41) is 9.30. The van der Waals surface area contributed by atoms with Gasteiger partial charge in [0.25, 0.3) is 0 Å². The quantitative estimate of drug-likeness (QED) is 0.895. The van der Waals surface area contributed by atoms with Crippen molar-refractivity contribution in [1.29, 1.82) is 0 Å². The Balaban J connectivity index is 2.16. The van der Waals surface area contributed by atoms with E-state index in [-0.39, 0.29) is 6.61 Å². The van der Waals surface area contributed by atoms with Crippen LogP contribution in [-0.2, 0) is 13.2 Å². The van der Waals surface area contributed by atoms with E-state index in [1.165, 1.54) is 11.1 Å². The van der Waals surface area contributed by atoms with Crippen molar-refractivity contribution in [3.05, 3.63) is 59.4 Å². The Bertz CT molecular complexity index is 508. The number of nitrogens with zero attached hydrogens (tertiary/aromatic N) is 2. The number of hydrogen-bond acceptors (Lipinski definition) is 3. The van der Waals surface area contributed by atoms with Gasteiger partial charge in [0.2, 0.25) is 0 Å². The first-order valence-corrected chi connectivity index (χ1v) is 6.01. The van der Waals surface area contributed by atoms with Crippen molar-refractivity contribution >= 4 is 5.69 Å². The molecule has 0 aliphatic rings. The third kappa shape index (κ3) is 2.87. The molecule has 0 unspecified atom stereocenters. The minimum absolute atomic E-state index is 0.0153. The number of aromatic nitrogens is 1.